The molecule has 0 saturated carbocycles. The minimum absolute atomic E-state index is 0.106. The van der Waals surface area contributed by atoms with Gasteiger partial charge in [-0.3, -0.25) is 4.72 Å². The van der Waals surface area contributed by atoms with Gasteiger partial charge in [0.25, 0.3) is 10.0 Å². The minimum atomic E-state index is -3.93. The summed E-state index contributed by atoms with van der Waals surface area (Å²) >= 11 is 0. The maximum absolute atomic E-state index is 13.2. The molecule has 198 valence electrons. The zero-order valence-electron chi connectivity index (χ0n) is 22.1. The van der Waals surface area contributed by atoms with Crippen molar-refractivity contribution in [2.75, 3.05) is 33.2 Å². The number of anilines is 1. The highest BCUT2D eigenvalue weighted by Gasteiger charge is 2.20. The van der Waals surface area contributed by atoms with E-state index in [2.05, 4.69) is 25.5 Å². The van der Waals surface area contributed by atoms with Crippen molar-refractivity contribution < 1.29 is 32.5 Å². The second-order valence-electron chi connectivity index (χ2n) is 9.28. The summed E-state index contributed by atoms with van der Waals surface area (Å²) in [5, 5.41) is 10.4. The van der Waals surface area contributed by atoms with Crippen LogP contribution in [-0.4, -0.2) is 42.0 Å². The summed E-state index contributed by atoms with van der Waals surface area (Å²) in [6.07, 6.45) is 3.40. The van der Waals surface area contributed by atoms with Crippen molar-refractivity contribution in [3.05, 3.63) is 65.2 Å². The fourth-order valence-electron chi connectivity index (χ4n) is 3.70. The predicted octanol–water partition coefficient (Wildman–Crippen LogP) is 5.70. The molecule has 0 aliphatic rings. The summed E-state index contributed by atoms with van der Waals surface area (Å²) in [5.41, 5.74) is 2.27. The molecular formula is C28H33NO7S. The van der Waals surface area contributed by atoms with Crippen LogP contribution in [0.4, 0.5) is 5.69 Å². The van der Waals surface area contributed by atoms with Crippen LogP contribution in [0.3, 0.4) is 0 Å². The van der Waals surface area contributed by atoms with E-state index in [0.29, 0.717) is 28.4 Å². The third kappa shape index (κ3) is 6.29. The molecule has 0 saturated heterocycles. The maximum atomic E-state index is 13.2. The van der Waals surface area contributed by atoms with E-state index in [-0.39, 0.29) is 27.5 Å². The Bertz CT molecular complexity index is 1360. The van der Waals surface area contributed by atoms with Gasteiger partial charge in [-0.25, -0.2) is 8.42 Å². The van der Waals surface area contributed by atoms with E-state index in [4.69, 9.17) is 18.9 Å². The molecule has 0 amide bonds. The molecule has 8 nitrogen and oxygen atoms in total. The number of nitrogens with one attached hydrogen (secondary N) is 1. The van der Waals surface area contributed by atoms with Gasteiger partial charge in [0.2, 0.25) is 5.75 Å². The second-order valence-corrected chi connectivity index (χ2v) is 11.0. The van der Waals surface area contributed by atoms with E-state index in [1.807, 2.05) is 0 Å². The zero-order valence-corrected chi connectivity index (χ0v) is 22.9. The predicted molar refractivity (Wildman–Crippen MR) is 146 cm³/mol. The Kier molecular flexibility index (Phi) is 8.28. The van der Waals surface area contributed by atoms with Gasteiger partial charge in [0.05, 0.1) is 39.0 Å². The number of ether oxygens (including phenoxy) is 4. The fourth-order valence-corrected chi connectivity index (χ4v) is 4.77. The molecule has 0 aliphatic heterocycles. The highest BCUT2D eigenvalue weighted by atomic mass is 32.2. The maximum Gasteiger partial charge on any atom is 0.261 e. The Hall–Kier alpha value is -3.85. The topological polar surface area (TPSA) is 103 Å². The van der Waals surface area contributed by atoms with Crippen molar-refractivity contribution in [2.24, 2.45) is 0 Å². The molecule has 0 heterocycles. The van der Waals surface area contributed by atoms with Crippen LogP contribution in [0.1, 0.15) is 37.5 Å². The van der Waals surface area contributed by atoms with Crippen LogP contribution >= 0.6 is 0 Å². The van der Waals surface area contributed by atoms with Crippen molar-refractivity contribution >= 4 is 27.9 Å². The van der Waals surface area contributed by atoms with Crippen molar-refractivity contribution in [3.8, 4) is 28.7 Å². The van der Waals surface area contributed by atoms with E-state index in [1.54, 1.807) is 48.6 Å². The molecule has 3 rings (SSSR count). The summed E-state index contributed by atoms with van der Waals surface area (Å²) in [4.78, 5) is 0.118. The molecular weight excluding hydrogens is 494 g/mol. The van der Waals surface area contributed by atoms with Crippen LogP contribution in [-0.2, 0) is 15.4 Å². The van der Waals surface area contributed by atoms with E-state index < -0.39 is 10.0 Å². The van der Waals surface area contributed by atoms with E-state index in [0.717, 1.165) is 5.56 Å². The first-order chi connectivity index (χ1) is 17.4. The highest BCUT2D eigenvalue weighted by molar-refractivity contribution is 7.92. The van der Waals surface area contributed by atoms with Gasteiger partial charge in [-0.2, -0.15) is 0 Å². The van der Waals surface area contributed by atoms with Crippen molar-refractivity contribution in [1.29, 1.82) is 0 Å². The first kappa shape index (κ1) is 27.7. The van der Waals surface area contributed by atoms with Crippen molar-refractivity contribution in [2.45, 2.75) is 31.1 Å². The quantitative estimate of drug-likeness (QED) is 0.272. The SMILES string of the molecule is COc1cc(NS(=O)(=O)c2ccc(C(C)(C)C)cc2)c(C=Cc2cc(OC)c(OC)c(OC)c2)cc1O. The number of phenolic OH excluding ortho intramolecular Hbond substituents is 1. The molecule has 0 bridgehead atoms. The van der Waals surface area contributed by atoms with Gasteiger partial charge < -0.3 is 24.1 Å². The molecule has 0 radical (unpaired) electrons. The Labute approximate surface area is 218 Å². The number of methoxy groups -OCH3 is 4. The number of benzene rings is 3. The van der Waals surface area contributed by atoms with Crippen molar-refractivity contribution in [1.82, 2.24) is 0 Å². The van der Waals surface area contributed by atoms with Gasteiger partial charge in [0.15, 0.2) is 23.0 Å². The molecule has 2 N–H and O–H groups in total. The van der Waals surface area contributed by atoms with Crippen molar-refractivity contribution in [3.63, 3.8) is 0 Å². The van der Waals surface area contributed by atoms with Gasteiger partial charge in [-0.15, -0.1) is 0 Å². The number of hydrogen-bond donors (Lipinski definition) is 2. The molecule has 0 fully saturated rings. The van der Waals surface area contributed by atoms with Gasteiger partial charge in [-0.05, 0) is 46.9 Å². The Morgan fingerprint density at radius 3 is 1.84 bits per heavy atom. The third-order valence-corrected chi connectivity index (χ3v) is 7.15. The van der Waals surface area contributed by atoms with Crippen LogP contribution in [0.15, 0.2) is 53.4 Å². The van der Waals surface area contributed by atoms with E-state index >= 15 is 0 Å². The molecule has 0 aromatic heterocycles. The molecule has 9 heteroatoms. The molecule has 0 aliphatic carbocycles. The first-order valence-electron chi connectivity index (χ1n) is 11.5. The van der Waals surface area contributed by atoms with Gasteiger partial charge >= 0.3 is 0 Å². The summed E-state index contributed by atoms with van der Waals surface area (Å²) < 4.78 is 50.4. The van der Waals surface area contributed by atoms with Crippen LogP contribution < -0.4 is 23.7 Å². The standard InChI is InChI=1S/C28H33NO7S/c1-28(2,3)20-10-12-21(13-11-20)37(31,32)29-22-17-24(33-4)23(30)16-19(22)9-8-18-14-25(34-5)27(36-7)26(15-18)35-6/h8-17,29-30H,1-7H3. The Balaban J connectivity index is 2.02. The van der Waals surface area contributed by atoms with Gasteiger partial charge in [-0.1, -0.05) is 45.1 Å². The summed E-state index contributed by atoms with van der Waals surface area (Å²) in [6, 6.07) is 13.1. The molecule has 3 aromatic rings. The second kappa shape index (κ2) is 11.0. The summed E-state index contributed by atoms with van der Waals surface area (Å²) in [6.45, 7) is 6.18. The number of phenols is 1. The lowest BCUT2D eigenvalue weighted by molar-refractivity contribution is 0.324. The highest BCUT2D eigenvalue weighted by Crippen LogP contribution is 2.39. The summed E-state index contributed by atoms with van der Waals surface area (Å²) in [7, 11) is 2.03. The molecule has 37 heavy (non-hydrogen) atoms. The van der Waals surface area contributed by atoms with E-state index in [1.165, 1.54) is 40.6 Å². The number of aromatic hydroxyl groups is 1. The van der Waals surface area contributed by atoms with Gasteiger partial charge in [0, 0.05) is 11.6 Å². The van der Waals surface area contributed by atoms with Crippen LogP contribution in [0.2, 0.25) is 0 Å². The zero-order chi connectivity index (χ0) is 27.4. The van der Waals surface area contributed by atoms with Crippen LogP contribution in [0, 0.1) is 0 Å². The monoisotopic (exact) mass is 527 g/mol. The number of hydrogen-bond acceptors (Lipinski definition) is 7. The fraction of sp³-hybridized carbons (Fsp3) is 0.286. The lowest BCUT2D eigenvalue weighted by Gasteiger charge is -2.19. The molecule has 0 atom stereocenters. The van der Waals surface area contributed by atoms with Crippen LogP contribution in [0.5, 0.6) is 28.7 Å². The number of sulfonamides is 1. The largest absolute Gasteiger partial charge is 0.504 e. The van der Waals surface area contributed by atoms with Gasteiger partial charge in [0.1, 0.15) is 0 Å². The van der Waals surface area contributed by atoms with E-state index in [9.17, 15) is 13.5 Å². The summed E-state index contributed by atoms with van der Waals surface area (Å²) in [5.74, 6) is 1.39. The first-order valence-corrected chi connectivity index (χ1v) is 12.9. The molecule has 0 spiro atoms. The average molecular weight is 528 g/mol. The number of rotatable bonds is 9. The normalized spacial score (nSPS) is 11.9. The smallest absolute Gasteiger partial charge is 0.261 e. The van der Waals surface area contributed by atoms with Crippen LogP contribution in [0.25, 0.3) is 12.2 Å². The lowest BCUT2D eigenvalue weighted by Crippen LogP contribution is -2.15. The molecule has 3 aromatic carbocycles. The lowest BCUT2D eigenvalue weighted by atomic mass is 9.87. The minimum Gasteiger partial charge on any atom is -0.504 e. The molecule has 0 unspecified atom stereocenters. The Morgan fingerprint density at radius 2 is 1.35 bits per heavy atom. The Morgan fingerprint density at radius 1 is 0.784 bits per heavy atom. The third-order valence-electron chi connectivity index (χ3n) is 5.77. The average Bonchev–Trinajstić information content (AvgIpc) is 2.87.